The second kappa shape index (κ2) is 13.1. The molecule has 0 saturated heterocycles. The highest BCUT2D eigenvalue weighted by molar-refractivity contribution is 7.92. The topological polar surface area (TPSA) is 114 Å². The van der Waals surface area contributed by atoms with Gasteiger partial charge in [0, 0.05) is 23.2 Å². The number of anilines is 3. The Morgan fingerprint density at radius 2 is 1.59 bits per heavy atom. The molecule has 11 heteroatoms. The molecule has 1 aliphatic rings. The first-order valence-electron chi connectivity index (χ1n) is 14.4. The highest BCUT2D eigenvalue weighted by atomic mass is 32.2. The van der Waals surface area contributed by atoms with E-state index >= 15 is 0 Å². The van der Waals surface area contributed by atoms with E-state index in [9.17, 15) is 18.0 Å². The third kappa shape index (κ3) is 6.44. The molecule has 1 heterocycles. The number of nitrogens with zero attached hydrogens (tertiary/aromatic N) is 1. The number of sulfonamides is 1. The molecule has 0 spiro atoms. The minimum Gasteiger partial charge on any atom is -0.497 e. The molecular weight excluding hydrogens is 599 g/mol. The number of amides is 2. The summed E-state index contributed by atoms with van der Waals surface area (Å²) in [5, 5.41) is 6.34. The van der Waals surface area contributed by atoms with Gasteiger partial charge in [-0.15, -0.1) is 11.3 Å². The molecule has 2 amide bonds. The van der Waals surface area contributed by atoms with Crippen LogP contribution in [-0.4, -0.2) is 41.0 Å². The third-order valence-corrected chi connectivity index (χ3v) is 10.6. The summed E-state index contributed by atoms with van der Waals surface area (Å²) in [6.45, 7) is 4.13. The third-order valence-electron chi connectivity index (χ3n) is 7.60. The number of benzene rings is 3. The molecule has 230 valence electrons. The van der Waals surface area contributed by atoms with Crippen LogP contribution in [0.15, 0.2) is 71.6 Å². The zero-order valence-corrected chi connectivity index (χ0v) is 26.7. The lowest BCUT2D eigenvalue weighted by Crippen LogP contribution is -2.27. The van der Waals surface area contributed by atoms with Gasteiger partial charge < -0.3 is 20.1 Å². The highest BCUT2D eigenvalue weighted by Gasteiger charge is 2.28. The van der Waals surface area contributed by atoms with Gasteiger partial charge in [0.1, 0.15) is 16.5 Å². The van der Waals surface area contributed by atoms with Crippen LogP contribution in [0.4, 0.5) is 16.4 Å². The maximum Gasteiger partial charge on any atom is 0.264 e. The van der Waals surface area contributed by atoms with Gasteiger partial charge in [-0.2, -0.15) is 0 Å². The highest BCUT2D eigenvalue weighted by Crippen LogP contribution is 2.39. The maximum absolute atomic E-state index is 13.7. The largest absolute Gasteiger partial charge is 0.497 e. The van der Waals surface area contributed by atoms with Gasteiger partial charge in [0.05, 0.1) is 29.9 Å². The van der Waals surface area contributed by atoms with E-state index in [2.05, 4.69) is 10.6 Å². The molecule has 4 aromatic rings. The van der Waals surface area contributed by atoms with Crippen molar-refractivity contribution in [3.63, 3.8) is 0 Å². The molecule has 0 fully saturated rings. The predicted molar refractivity (Wildman–Crippen MR) is 174 cm³/mol. The van der Waals surface area contributed by atoms with E-state index in [1.165, 1.54) is 34.8 Å². The number of fused-ring (bicyclic) bond motifs is 1. The van der Waals surface area contributed by atoms with Crippen molar-refractivity contribution in [3.05, 3.63) is 93.9 Å². The van der Waals surface area contributed by atoms with Gasteiger partial charge in [-0.1, -0.05) is 6.07 Å². The Hall–Kier alpha value is -4.35. The molecule has 2 N–H and O–H groups in total. The SMILES string of the molecule is CCOc1ccc(N(C)S(=O)(=O)c2ccc(C)c(C(=O)Nc3sc4c(c3C(=O)Nc3ccc(OC)cc3)CCCC4)c2)cc1. The first-order valence-corrected chi connectivity index (χ1v) is 16.6. The molecule has 1 aromatic heterocycles. The van der Waals surface area contributed by atoms with Crippen LogP contribution in [0.2, 0.25) is 0 Å². The minimum atomic E-state index is -3.98. The fourth-order valence-electron chi connectivity index (χ4n) is 5.15. The summed E-state index contributed by atoms with van der Waals surface area (Å²) >= 11 is 1.40. The molecular formula is C33H35N3O6S2. The Labute approximate surface area is 261 Å². The molecule has 9 nitrogen and oxygen atoms in total. The van der Waals surface area contributed by atoms with Crippen LogP contribution in [0.3, 0.4) is 0 Å². The first-order chi connectivity index (χ1) is 21.1. The van der Waals surface area contributed by atoms with Gasteiger partial charge in [-0.3, -0.25) is 13.9 Å². The zero-order chi connectivity index (χ0) is 31.4. The van der Waals surface area contributed by atoms with E-state index in [-0.39, 0.29) is 16.4 Å². The first kappa shape index (κ1) is 31.1. The number of rotatable bonds is 10. The van der Waals surface area contributed by atoms with Crippen LogP contribution in [0, 0.1) is 6.92 Å². The van der Waals surface area contributed by atoms with Crippen molar-refractivity contribution >= 4 is 49.6 Å². The molecule has 0 unspecified atom stereocenters. The summed E-state index contributed by atoms with van der Waals surface area (Å²) in [7, 11) is -0.941. The maximum atomic E-state index is 13.7. The Morgan fingerprint density at radius 3 is 2.27 bits per heavy atom. The number of nitrogens with one attached hydrogen (secondary N) is 2. The second-order valence-corrected chi connectivity index (χ2v) is 13.5. The molecule has 0 radical (unpaired) electrons. The number of hydrogen-bond acceptors (Lipinski definition) is 7. The average molecular weight is 634 g/mol. The van der Waals surface area contributed by atoms with Crippen molar-refractivity contribution < 1.29 is 27.5 Å². The number of thiophene rings is 1. The number of aryl methyl sites for hydroxylation is 2. The second-order valence-electron chi connectivity index (χ2n) is 10.4. The Balaban J connectivity index is 1.42. The fraction of sp³-hybridized carbons (Fsp3) is 0.273. The Morgan fingerprint density at radius 1 is 0.909 bits per heavy atom. The monoisotopic (exact) mass is 633 g/mol. The van der Waals surface area contributed by atoms with E-state index < -0.39 is 15.9 Å². The van der Waals surface area contributed by atoms with Crippen molar-refractivity contribution in [3.8, 4) is 11.5 Å². The molecule has 0 atom stereocenters. The van der Waals surface area contributed by atoms with Gasteiger partial charge >= 0.3 is 0 Å². The minimum absolute atomic E-state index is 0.0208. The summed E-state index contributed by atoms with van der Waals surface area (Å²) in [6.07, 6.45) is 3.56. The van der Waals surface area contributed by atoms with E-state index in [4.69, 9.17) is 9.47 Å². The lowest BCUT2D eigenvalue weighted by molar-refractivity contribution is 0.102. The molecule has 1 aliphatic carbocycles. The quantitative estimate of drug-likeness (QED) is 0.202. The number of hydrogen-bond donors (Lipinski definition) is 2. The van der Waals surface area contributed by atoms with Crippen molar-refractivity contribution in [1.82, 2.24) is 0 Å². The summed E-state index contributed by atoms with van der Waals surface area (Å²) in [5.74, 6) is 0.521. The van der Waals surface area contributed by atoms with Crippen LogP contribution in [0.25, 0.3) is 0 Å². The van der Waals surface area contributed by atoms with Crippen LogP contribution >= 0.6 is 11.3 Å². The lowest BCUT2D eigenvalue weighted by atomic mass is 9.95. The fourth-order valence-corrected chi connectivity index (χ4v) is 7.66. The summed E-state index contributed by atoms with van der Waals surface area (Å²) in [5.41, 5.74) is 3.28. The van der Waals surface area contributed by atoms with Crippen molar-refractivity contribution in [2.75, 3.05) is 35.7 Å². The Bertz CT molecular complexity index is 1780. The molecule has 0 bridgehead atoms. The van der Waals surface area contributed by atoms with Crippen molar-refractivity contribution in [2.24, 2.45) is 0 Å². The molecule has 44 heavy (non-hydrogen) atoms. The smallest absolute Gasteiger partial charge is 0.264 e. The summed E-state index contributed by atoms with van der Waals surface area (Å²) in [6, 6.07) is 18.3. The van der Waals surface area contributed by atoms with Crippen molar-refractivity contribution in [2.45, 2.75) is 44.4 Å². The molecule has 3 aromatic carbocycles. The molecule has 0 saturated carbocycles. The standard InChI is InChI=1S/C33H35N3O6S2/c1-5-42-25-17-13-23(14-18-25)36(3)44(39,40)26-19-10-21(2)28(20-26)31(37)35-33-30(27-8-6-7-9-29(27)43-33)32(38)34-22-11-15-24(41-4)16-12-22/h10-20H,5-9H2,1-4H3,(H,34,38)(H,35,37). The van der Waals surface area contributed by atoms with Gasteiger partial charge in [0.2, 0.25) is 0 Å². The lowest BCUT2D eigenvalue weighted by Gasteiger charge is -2.20. The van der Waals surface area contributed by atoms with Crippen LogP contribution in [0.5, 0.6) is 11.5 Å². The number of methoxy groups -OCH3 is 1. The van der Waals surface area contributed by atoms with E-state index in [0.29, 0.717) is 45.6 Å². The normalized spacial score (nSPS) is 12.6. The predicted octanol–water partition coefficient (Wildman–Crippen LogP) is 6.67. The number of carbonyl (C=O) groups is 2. The number of carbonyl (C=O) groups excluding carboxylic acids is 2. The van der Waals surface area contributed by atoms with Crippen molar-refractivity contribution in [1.29, 1.82) is 0 Å². The summed E-state index contributed by atoms with van der Waals surface area (Å²) in [4.78, 5) is 28.3. The van der Waals surface area contributed by atoms with Gasteiger partial charge in [0.15, 0.2) is 0 Å². The zero-order valence-electron chi connectivity index (χ0n) is 25.1. The summed E-state index contributed by atoms with van der Waals surface area (Å²) < 4.78 is 39.0. The molecule has 5 rings (SSSR count). The van der Waals surface area contributed by atoms with Gasteiger partial charge in [0.25, 0.3) is 21.8 Å². The molecule has 0 aliphatic heterocycles. The van der Waals surface area contributed by atoms with Crippen LogP contribution < -0.4 is 24.4 Å². The Kier molecular flexibility index (Phi) is 9.26. The van der Waals surface area contributed by atoms with E-state index in [0.717, 1.165) is 36.1 Å². The average Bonchev–Trinajstić information content (AvgIpc) is 3.39. The van der Waals surface area contributed by atoms with Gasteiger partial charge in [-0.05, 0) is 111 Å². The van der Waals surface area contributed by atoms with Crippen LogP contribution in [0.1, 0.15) is 56.5 Å². The van der Waals surface area contributed by atoms with E-state index in [1.807, 2.05) is 6.92 Å². The van der Waals surface area contributed by atoms with E-state index in [1.54, 1.807) is 68.6 Å². The van der Waals surface area contributed by atoms with Crippen LogP contribution in [-0.2, 0) is 22.9 Å². The van der Waals surface area contributed by atoms with Gasteiger partial charge in [-0.25, -0.2) is 8.42 Å². The number of ether oxygens (including phenoxy) is 2.